The fourth-order valence-electron chi connectivity index (χ4n) is 13.2. The maximum absolute atomic E-state index is 6.82. The third-order valence-corrected chi connectivity index (χ3v) is 16.6. The maximum Gasteiger partial charge on any atom is 0.135 e. The van der Waals surface area contributed by atoms with Crippen LogP contribution in [-0.4, -0.2) is 14.1 Å². The van der Waals surface area contributed by atoms with Gasteiger partial charge in [-0.1, -0.05) is 196 Å². The second kappa shape index (κ2) is 17.6. The molecule has 13 aromatic rings. The molecule has 0 amide bonds. The molecule has 0 unspecified atom stereocenters. The average molecular weight is 1180 g/mol. The molecule has 3 aliphatic carbocycles. The quantitative estimate of drug-likeness (QED) is 0.161. The number of benzene rings is 10. The molecule has 4 heterocycles. The largest absolute Gasteiger partial charge is 0.509 e. The molecular formula is C72H49N4OPt-3. The van der Waals surface area contributed by atoms with Gasteiger partial charge in [-0.15, -0.1) is 35.7 Å². The summed E-state index contributed by atoms with van der Waals surface area (Å²) in [5.41, 5.74) is 18.1. The second-order valence-electron chi connectivity index (χ2n) is 21.9. The molecule has 0 N–H and O–H groups in total. The Hall–Kier alpha value is -8.89. The first kappa shape index (κ1) is 46.4. The topological polar surface area (TPSA) is 35.2 Å². The van der Waals surface area contributed by atoms with E-state index in [9.17, 15) is 0 Å². The van der Waals surface area contributed by atoms with Gasteiger partial charge in [0.25, 0.3) is 0 Å². The first-order chi connectivity index (χ1) is 37.8. The van der Waals surface area contributed by atoms with E-state index in [0.717, 1.165) is 66.4 Å². The number of pyridine rings is 1. The van der Waals surface area contributed by atoms with Crippen molar-refractivity contribution in [3.05, 3.63) is 282 Å². The minimum atomic E-state index is -0.0401. The number of fused-ring (bicyclic) bond motifs is 10. The van der Waals surface area contributed by atoms with E-state index in [1.54, 1.807) is 0 Å². The fraction of sp³-hybridized carbons (Fsp3) is 0.0833. The minimum Gasteiger partial charge on any atom is -0.509 e. The zero-order valence-electron chi connectivity index (χ0n) is 43.1. The molecular weight excluding hydrogens is 1130 g/mol. The number of aromatic nitrogens is 3. The van der Waals surface area contributed by atoms with E-state index >= 15 is 0 Å². The van der Waals surface area contributed by atoms with E-state index in [-0.39, 0.29) is 38.3 Å². The summed E-state index contributed by atoms with van der Waals surface area (Å²) in [6.07, 6.45) is 1.91. The Bertz CT molecular complexity index is 4680. The SMILES string of the molecule is CC(C)(C)c1ccnc(-n2c3[c-]c(Oc4[c-]c(N5[CH-]n6c7c(-c8ccc9c(c8)C8c%10ccccc%10C9c9ccccc98)cccc7c7ccccc7c7ccccc7c7cccc5c76)ccc4)ccc3c3ccccc32)c1.[Pt]. The summed E-state index contributed by atoms with van der Waals surface area (Å²) in [5.74, 6) is 2.39. The van der Waals surface area contributed by atoms with Gasteiger partial charge in [0, 0.05) is 61.8 Å². The molecule has 1 aliphatic heterocycles. The molecule has 17 rings (SSSR count). The van der Waals surface area contributed by atoms with Crippen LogP contribution < -0.4 is 9.64 Å². The zero-order chi connectivity index (χ0) is 51.1. The van der Waals surface area contributed by atoms with Crippen LogP contribution in [0.2, 0.25) is 0 Å². The van der Waals surface area contributed by atoms with Gasteiger partial charge in [0.2, 0.25) is 0 Å². The molecule has 3 aromatic heterocycles. The van der Waals surface area contributed by atoms with Gasteiger partial charge < -0.3 is 18.8 Å². The molecule has 0 atom stereocenters. The smallest absolute Gasteiger partial charge is 0.135 e. The van der Waals surface area contributed by atoms with E-state index in [4.69, 9.17) is 9.72 Å². The molecule has 6 heteroatoms. The van der Waals surface area contributed by atoms with Gasteiger partial charge >= 0.3 is 0 Å². The summed E-state index contributed by atoms with van der Waals surface area (Å²) in [5, 5.41) is 9.30. The van der Waals surface area contributed by atoms with Gasteiger partial charge in [0.15, 0.2) is 0 Å². The Morgan fingerprint density at radius 3 is 1.73 bits per heavy atom. The van der Waals surface area contributed by atoms with Crippen LogP contribution in [0.3, 0.4) is 0 Å². The molecule has 5 nitrogen and oxygen atoms in total. The van der Waals surface area contributed by atoms with Crippen LogP contribution in [0.4, 0.5) is 11.4 Å². The Labute approximate surface area is 467 Å². The van der Waals surface area contributed by atoms with E-state index in [1.807, 2.05) is 18.3 Å². The van der Waals surface area contributed by atoms with Crippen LogP contribution in [0.25, 0.3) is 82.1 Å². The van der Waals surface area contributed by atoms with Gasteiger partial charge in [-0.3, -0.25) is 0 Å². The van der Waals surface area contributed by atoms with Crippen molar-refractivity contribution in [1.82, 2.24) is 14.1 Å². The van der Waals surface area contributed by atoms with Gasteiger partial charge in [0.1, 0.15) is 5.82 Å². The molecule has 2 bridgehead atoms. The van der Waals surface area contributed by atoms with Crippen LogP contribution in [0.15, 0.2) is 225 Å². The van der Waals surface area contributed by atoms with Gasteiger partial charge in [-0.25, -0.2) is 4.98 Å². The molecule has 78 heavy (non-hydrogen) atoms. The van der Waals surface area contributed by atoms with Crippen molar-refractivity contribution in [2.45, 2.75) is 38.0 Å². The number of anilines is 2. The second-order valence-corrected chi connectivity index (χ2v) is 21.9. The summed E-state index contributed by atoms with van der Waals surface area (Å²) in [6.45, 7) is 8.97. The van der Waals surface area contributed by atoms with Crippen LogP contribution in [0, 0.1) is 18.8 Å². The maximum atomic E-state index is 6.82. The number of ether oxygens (including phenoxy) is 1. The summed E-state index contributed by atoms with van der Waals surface area (Å²) in [7, 11) is 0. The van der Waals surface area contributed by atoms with Crippen molar-refractivity contribution in [2.24, 2.45) is 0 Å². The third-order valence-electron chi connectivity index (χ3n) is 16.6. The average Bonchev–Trinajstić information content (AvgIpc) is 3.28. The Kier molecular flexibility index (Phi) is 10.5. The molecule has 0 saturated heterocycles. The standard InChI is InChI=1S/C72H49N4O.Pt/c1-72(2,3)45-37-38-73-67(40-45)76-64-31-13-12-23-54(64)55-36-34-48(42-66(55)76)77-47-18-14-17-46(41-47)74-43-75-70-49(44-33-35-60-63(39-44)69-58-26-10-8-24-56(58)68(60)57-25-9-11-27-59(57)69)28-15-29-61(70)52-21-6-4-19-50(52)51-20-5-7-22-53(51)62-30-16-32-65(74)71(62)75;/h4-40,43,68-69H,1-3H3;/q-3;. The molecule has 0 spiro atoms. The Morgan fingerprint density at radius 2 is 1.04 bits per heavy atom. The van der Waals surface area contributed by atoms with Crippen LogP contribution >= 0.6 is 0 Å². The third kappa shape index (κ3) is 6.90. The Balaban J connectivity index is 0.00000529. The molecule has 0 radical (unpaired) electrons. The van der Waals surface area contributed by atoms with Crippen LogP contribution in [0.1, 0.15) is 71.6 Å². The summed E-state index contributed by atoms with van der Waals surface area (Å²) in [4.78, 5) is 7.19. The molecule has 0 saturated carbocycles. The van der Waals surface area contributed by atoms with Crippen LogP contribution in [-0.2, 0) is 26.5 Å². The number of hydrogen-bond donors (Lipinski definition) is 0. The normalized spacial score (nSPS) is 14.8. The number of nitrogens with zero attached hydrogens (tertiary/aromatic N) is 4. The number of rotatable bonds is 5. The van der Waals surface area contributed by atoms with Crippen molar-refractivity contribution in [1.29, 1.82) is 0 Å². The monoisotopic (exact) mass is 1180 g/mol. The minimum absolute atomic E-state index is 0. The number of para-hydroxylation sites is 3. The van der Waals surface area contributed by atoms with Crippen molar-refractivity contribution in [2.75, 3.05) is 4.90 Å². The zero-order valence-corrected chi connectivity index (χ0v) is 45.4. The van der Waals surface area contributed by atoms with Gasteiger partial charge in [0.05, 0.1) is 0 Å². The predicted molar refractivity (Wildman–Crippen MR) is 316 cm³/mol. The first-order valence-corrected chi connectivity index (χ1v) is 26.7. The fourth-order valence-corrected chi connectivity index (χ4v) is 13.2. The van der Waals surface area contributed by atoms with E-state index < -0.39 is 0 Å². The molecule has 4 aliphatic rings. The summed E-state index contributed by atoms with van der Waals surface area (Å²) >= 11 is 0. The van der Waals surface area contributed by atoms with E-state index in [2.05, 4.69) is 260 Å². The molecule has 0 fully saturated rings. The summed E-state index contributed by atoms with van der Waals surface area (Å²) in [6, 6.07) is 87.4. The number of hydrogen-bond acceptors (Lipinski definition) is 3. The Morgan fingerprint density at radius 1 is 0.474 bits per heavy atom. The first-order valence-electron chi connectivity index (χ1n) is 26.7. The van der Waals surface area contributed by atoms with Gasteiger partial charge in [-0.2, -0.15) is 12.1 Å². The predicted octanol–water partition coefficient (Wildman–Crippen LogP) is 18.2. The molecule has 10 aromatic carbocycles. The van der Waals surface area contributed by atoms with Crippen molar-refractivity contribution < 1.29 is 25.8 Å². The van der Waals surface area contributed by atoms with Gasteiger partial charge in [-0.05, 0) is 135 Å². The van der Waals surface area contributed by atoms with Crippen molar-refractivity contribution >= 4 is 76.5 Å². The van der Waals surface area contributed by atoms with Crippen molar-refractivity contribution in [3.63, 3.8) is 0 Å². The van der Waals surface area contributed by atoms with Crippen molar-refractivity contribution in [3.8, 4) is 28.4 Å². The summed E-state index contributed by atoms with van der Waals surface area (Å²) < 4.78 is 11.5. The van der Waals surface area contributed by atoms with Crippen LogP contribution in [0.5, 0.6) is 11.5 Å². The van der Waals surface area contributed by atoms with E-state index in [0.29, 0.717) is 11.5 Å². The van der Waals surface area contributed by atoms with E-state index in [1.165, 1.54) is 66.1 Å². The molecule has 376 valence electrons.